The Balaban J connectivity index is 1.20. The summed E-state index contributed by atoms with van der Waals surface area (Å²) >= 11 is 5.97. The zero-order valence-corrected chi connectivity index (χ0v) is 21.6. The second-order valence-corrected chi connectivity index (χ2v) is 10.2. The number of imide groups is 1. The number of esters is 1. The fourth-order valence-corrected chi connectivity index (χ4v) is 5.51. The van der Waals surface area contributed by atoms with E-state index in [1.54, 1.807) is 30.3 Å². The number of carbonyl (C=O) groups is 4. The lowest BCUT2D eigenvalue weighted by molar-refractivity contribution is -0.122. The molecule has 0 spiro atoms. The van der Waals surface area contributed by atoms with E-state index in [4.69, 9.17) is 16.3 Å². The Morgan fingerprint density at radius 2 is 1.66 bits per heavy atom. The zero-order valence-electron chi connectivity index (χ0n) is 20.9. The summed E-state index contributed by atoms with van der Waals surface area (Å²) in [7, 11) is 0. The molecule has 1 N–H and O–H groups in total. The normalized spacial score (nSPS) is 20.7. The molecule has 2 fully saturated rings. The van der Waals surface area contributed by atoms with Crippen LogP contribution in [-0.4, -0.2) is 30.3 Å². The third kappa shape index (κ3) is 5.20. The summed E-state index contributed by atoms with van der Waals surface area (Å²) in [6.07, 6.45) is 2.19. The SMILES string of the molecule is Cc1ccc(Cl)cc1NC(=O)COC(=O)c1ccc(N2C(=O)[C@@H]3CC[C@@H](c4ccccc4)C[C@H]3C2=O)cc1. The Morgan fingerprint density at radius 3 is 2.39 bits per heavy atom. The van der Waals surface area contributed by atoms with Gasteiger partial charge in [-0.3, -0.25) is 19.3 Å². The van der Waals surface area contributed by atoms with Crippen LogP contribution in [0.3, 0.4) is 0 Å². The number of benzene rings is 3. The first-order chi connectivity index (χ1) is 18.3. The summed E-state index contributed by atoms with van der Waals surface area (Å²) < 4.78 is 5.14. The summed E-state index contributed by atoms with van der Waals surface area (Å²) in [4.78, 5) is 52.4. The summed E-state index contributed by atoms with van der Waals surface area (Å²) in [5.41, 5.74) is 3.20. The molecule has 7 nitrogen and oxygen atoms in total. The van der Waals surface area contributed by atoms with Crippen LogP contribution in [0.5, 0.6) is 0 Å². The van der Waals surface area contributed by atoms with E-state index in [0.29, 0.717) is 29.2 Å². The molecule has 8 heteroatoms. The molecule has 1 heterocycles. The van der Waals surface area contributed by atoms with Crippen LogP contribution in [0.25, 0.3) is 0 Å². The van der Waals surface area contributed by atoms with Crippen molar-refractivity contribution in [3.63, 3.8) is 0 Å². The predicted octanol–water partition coefficient (Wildman–Crippen LogP) is 5.52. The number of fused-ring (bicyclic) bond motifs is 1. The van der Waals surface area contributed by atoms with Crippen LogP contribution in [-0.2, 0) is 19.1 Å². The lowest BCUT2D eigenvalue weighted by Gasteiger charge is -2.28. The van der Waals surface area contributed by atoms with Crippen molar-refractivity contribution >= 4 is 46.7 Å². The smallest absolute Gasteiger partial charge is 0.338 e. The predicted molar refractivity (Wildman–Crippen MR) is 144 cm³/mol. The van der Waals surface area contributed by atoms with Crippen molar-refractivity contribution in [2.75, 3.05) is 16.8 Å². The maximum atomic E-state index is 13.3. The Hall–Kier alpha value is -3.97. The number of halogens is 1. The first-order valence-electron chi connectivity index (χ1n) is 12.6. The minimum absolute atomic E-state index is 0.185. The maximum Gasteiger partial charge on any atom is 0.338 e. The number of nitrogens with one attached hydrogen (secondary N) is 1. The molecule has 1 saturated heterocycles. The van der Waals surface area contributed by atoms with E-state index >= 15 is 0 Å². The number of ether oxygens (including phenoxy) is 1. The second kappa shape index (κ2) is 10.8. The minimum atomic E-state index is -0.687. The number of carbonyl (C=O) groups excluding carboxylic acids is 4. The van der Waals surface area contributed by atoms with Crippen molar-refractivity contribution in [1.29, 1.82) is 0 Å². The highest BCUT2D eigenvalue weighted by molar-refractivity contribution is 6.31. The van der Waals surface area contributed by atoms with Crippen LogP contribution >= 0.6 is 11.6 Å². The highest BCUT2D eigenvalue weighted by atomic mass is 35.5. The highest BCUT2D eigenvalue weighted by Crippen LogP contribution is 2.45. The largest absolute Gasteiger partial charge is 0.452 e. The van der Waals surface area contributed by atoms with Gasteiger partial charge in [-0.05, 0) is 79.6 Å². The van der Waals surface area contributed by atoms with Crippen molar-refractivity contribution < 1.29 is 23.9 Å². The van der Waals surface area contributed by atoms with Crippen molar-refractivity contribution in [2.24, 2.45) is 11.8 Å². The lowest BCUT2D eigenvalue weighted by atomic mass is 9.73. The lowest BCUT2D eigenvalue weighted by Crippen LogP contribution is -2.30. The molecule has 0 unspecified atom stereocenters. The van der Waals surface area contributed by atoms with Gasteiger partial charge in [-0.15, -0.1) is 0 Å². The van der Waals surface area contributed by atoms with Gasteiger partial charge in [0.25, 0.3) is 5.91 Å². The first-order valence-corrected chi connectivity index (χ1v) is 13.0. The van der Waals surface area contributed by atoms with Gasteiger partial charge >= 0.3 is 5.97 Å². The summed E-state index contributed by atoms with van der Waals surface area (Å²) in [5.74, 6) is -1.95. The van der Waals surface area contributed by atoms with Gasteiger partial charge in [-0.1, -0.05) is 48.0 Å². The van der Waals surface area contributed by atoms with E-state index in [1.807, 2.05) is 25.1 Å². The van der Waals surface area contributed by atoms with Gasteiger partial charge < -0.3 is 10.1 Å². The number of aryl methyl sites for hydroxylation is 1. The van der Waals surface area contributed by atoms with Gasteiger partial charge in [0, 0.05) is 10.7 Å². The molecule has 3 amide bonds. The highest BCUT2D eigenvalue weighted by Gasteiger charge is 2.50. The molecule has 5 rings (SSSR count). The number of hydrogen-bond donors (Lipinski definition) is 1. The fraction of sp³-hybridized carbons (Fsp3) is 0.267. The number of rotatable bonds is 6. The van der Waals surface area contributed by atoms with Crippen LogP contribution < -0.4 is 10.2 Å². The van der Waals surface area contributed by atoms with E-state index in [9.17, 15) is 19.2 Å². The van der Waals surface area contributed by atoms with Gasteiger partial charge in [0.15, 0.2) is 6.61 Å². The van der Waals surface area contributed by atoms with Crippen molar-refractivity contribution in [3.8, 4) is 0 Å². The summed E-state index contributed by atoms with van der Waals surface area (Å²) in [6.45, 7) is 1.35. The molecule has 3 aromatic carbocycles. The molecule has 194 valence electrons. The van der Waals surface area contributed by atoms with E-state index in [2.05, 4.69) is 17.4 Å². The standard InChI is InChI=1S/C30H27ClN2O5/c1-18-7-11-22(31)16-26(18)32-27(34)17-38-30(37)20-8-12-23(13-9-20)33-28(35)24-14-10-21(15-25(24)29(33)36)19-5-3-2-4-6-19/h2-9,11-13,16,21,24-25H,10,14-15,17H2,1H3,(H,32,34)/t21-,24-,25-/m1/s1. The zero-order chi connectivity index (χ0) is 26.8. The fourth-order valence-electron chi connectivity index (χ4n) is 5.34. The molecule has 1 aliphatic heterocycles. The van der Waals surface area contributed by atoms with E-state index in [0.717, 1.165) is 12.0 Å². The van der Waals surface area contributed by atoms with Crippen molar-refractivity contribution in [2.45, 2.75) is 32.1 Å². The molecule has 1 saturated carbocycles. The Morgan fingerprint density at radius 1 is 0.947 bits per heavy atom. The average molecular weight is 531 g/mol. The van der Waals surface area contributed by atoms with Gasteiger partial charge in [0.2, 0.25) is 11.8 Å². The van der Waals surface area contributed by atoms with Crippen LogP contribution in [0.1, 0.15) is 46.7 Å². The van der Waals surface area contributed by atoms with Gasteiger partial charge in [-0.25, -0.2) is 4.79 Å². The molecule has 0 bridgehead atoms. The summed E-state index contributed by atoms with van der Waals surface area (Å²) in [5, 5.41) is 3.15. The monoisotopic (exact) mass is 530 g/mol. The first kappa shape index (κ1) is 25.7. The van der Waals surface area contributed by atoms with Gasteiger partial charge in [-0.2, -0.15) is 0 Å². The quantitative estimate of drug-likeness (QED) is 0.335. The maximum absolute atomic E-state index is 13.3. The third-order valence-electron chi connectivity index (χ3n) is 7.37. The molecule has 2 aliphatic rings. The van der Waals surface area contributed by atoms with E-state index in [1.165, 1.54) is 22.6 Å². The van der Waals surface area contributed by atoms with Crippen molar-refractivity contribution in [3.05, 3.63) is 94.5 Å². The number of hydrogen-bond acceptors (Lipinski definition) is 5. The molecule has 3 atom stereocenters. The topological polar surface area (TPSA) is 92.8 Å². The third-order valence-corrected chi connectivity index (χ3v) is 7.60. The summed E-state index contributed by atoms with van der Waals surface area (Å²) in [6, 6.07) is 21.3. The van der Waals surface area contributed by atoms with Gasteiger partial charge in [0.1, 0.15) is 0 Å². The molecule has 3 aromatic rings. The molecule has 0 radical (unpaired) electrons. The number of anilines is 2. The van der Waals surface area contributed by atoms with E-state index < -0.39 is 18.5 Å². The van der Waals surface area contributed by atoms with Crippen molar-refractivity contribution in [1.82, 2.24) is 0 Å². The van der Waals surface area contributed by atoms with E-state index in [-0.39, 0.29) is 35.1 Å². The Labute approximate surface area is 225 Å². The number of amides is 3. The molecular formula is C30H27ClN2O5. The van der Waals surface area contributed by atoms with Crippen LogP contribution in [0.2, 0.25) is 5.02 Å². The minimum Gasteiger partial charge on any atom is -0.452 e. The Bertz CT molecular complexity index is 1390. The average Bonchev–Trinajstić information content (AvgIpc) is 3.19. The van der Waals surface area contributed by atoms with Gasteiger partial charge in [0.05, 0.1) is 23.1 Å². The molecule has 38 heavy (non-hydrogen) atoms. The van der Waals surface area contributed by atoms with Crippen LogP contribution in [0.15, 0.2) is 72.8 Å². The Kier molecular flexibility index (Phi) is 7.29. The van der Waals surface area contributed by atoms with Crippen LogP contribution in [0, 0.1) is 18.8 Å². The number of nitrogens with zero attached hydrogens (tertiary/aromatic N) is 1. The molecular weight excluding hydrogens is 504 g/mol. The molecule has 0 aromatic heterocycles. The van der Waals surface area contributed by atoms with Crippen LogP contribution in [0.4, 0.5) is 11.4 Å². The second-order valence-electron chi connectivity index (χ2n) is 9.78. The molecule has 1 aliphatic carbocycles.